The van der Waals surface area contributed by atoms with Crippen molar-refractivity contribution >= 4 is 34.6 Å². The number of rotatable bonds is 5. The van der Waals surface area contributed by atoms with E-state index < -0.39 is 0 Å². The molecule has 3 heterocycles. The van der Waals surface area contributed by atoms with Crippen LogP contribution in [0.15, 0.2) is 83.4 Å². The molecule has 0 fully saturated rings. The summed E-state index contributed by atoms with van der Waals surface area (Å²) in [6, 6.07) is 21.2. The number of nitrogens with one attached hydrogen (secondary N) is 2. The van der Waals surface area contributed by atoms with Crippen molar-refractivity contribution in [1.82, 2.24) is 14.8 Å². The van der Waals surface area contributed by atoms with Gasteiger partial charge in [-0.1, -0.05) is 24.3 Å². The second kappa shape index (κ2) is 8.55. The molecule has 2 aromatic heterocycles. The monoisotopic (exact) mass is 456 g/mol. The Labute approximate surface area is 196 Å². The predicted octanol–water partition coefficient (Wildman–Crippen LogP) is 5.00. The van der Waals surface area contributed by atoms with E-state index >= 15 is 0 Å². The molecule has 1 atom stereocenters. The number of carbonyl (C=O) groups excluding carboxylic acids is 1. The molecule has 2 N–H and O–H groups in total. The van der Waals surface area contributed by atoms with Crippen molar-refractivity contribution in [2.24, 2.45) is 0 Å². The largest absolute Gasteiger partial charge is 0.378 e. The van der Waals surface area contributed by atoms with Crippen molar-refractivity contribution in [2.75, 3.05) is 29.6 Å². The van der Waals surface area contributed by atoms with Gasteiger partial charge in [-0.25, -0.2) is 4.68 Å². The van der Waals surface area contributed by atoms with Crippen LogP contribution in [0.3, 0.4) is 0 Å². The molecule has 166 valence electrons. The molecule has 33 heavy (non-hydrogen) atoms. The lowest BCUT2D eigenvalue weighted by Gasteiger charge is -2.27. The second-order valence-electron chi connectivity index (χ2n) is 8.05. The summed E-state index contributed by atoms with van der Waals surface area (Å²) in [7, 11) is 4.02. The van der Waals surface area contributed by atoms with Crippen LogP contribution in [0.5, 0.6) is 0 Å². The molecule has 0 saturated heterocycles. The Morgan fingerprint density at radius 1 is 1.06 bits per heavy atom. The number of anilines is 3. The van der Waals surface area contributed by atoms with Crippen molar-refractivity contribution in [1.29, 1.82) is 0 Å². The topological polar surface area (TPSA) is 75.1 Å². The second-order valence-corrected chi connectivity index (χ2v) is 9.03. The smallest absolute Gasteiger partial charge is 0.255 e. The van der Waals surface area contributed by atoms with Gasteiger partial charge < -0.3 is 15.5 Å². The van der Waals surface area contributed by atoms with Crippen molar-refractivity contribution < 1.29 is 4.79 Å². The molecule has 5 rings (SSSR count). The number of thiophene rings is 1. The van der Waals surface area contributed by atoms with Crippen molar-refractivity contribution in [2.45, 2.75) is 13.0 Å². The van der Waals surface area contributed by atoms with Crippen LogP contribution in [-0.4, -0.2) is 34.8 Å². The molecule has 4 aromatic rings. The van der Waals surface area contributed by atoms with Gasteiger partial charge >= 0.3 is 0 Å². The van der Waals surface area contributed by atoms with E-state index in [-0.39, 0.29) is 11.9 Å². The molecule has 7 nitrogen and oxygen atoms in total. The number of allylic oxidation sites excluding steroid dienone is 1. The van der Waals surface area contributed by atoms with E-state index in [9.17, 15) is 4.79 Å². The molecule has 1 aliphatic rings. The average Bonchev–Trinajstić information content (AvgIpc) is 3.49. The molecule has 8 heteroatoms. The lowest BCUT2D eigenvalue weighted by molar-refractivity contribution is -0.113. The third-order valence-corrected chi connectivity index (χ3v) is 6.51. The number of carbonyl (C=O) groups is 1. The quantitative estimate of drug-likeness (QED) is 0.442. The molecule has 1 amide bonds. The lowest BCUT2D eigenvalue weighted by Crippen LogP contribution is -2.31. The fourth-order valence-electron chi connectivity index (χ4n) is 3.91. The Bertz CT molecular complexity index is 1310. The van der Waals surface area contributed by atoms with Crippen LogP contribution in [0.1, 0.15) is 17.8 Å². The third-order valence-electron chi connectivity index (χ3n) is 5.58. The van der Waals surface area contributed by atoms with E-state index in [1.807, 2.05) is 97.8 Å². The summed E-state index contributed by atoms with van der Waals surface area (Å²) in [5, 5.41) is 13.2. The highest BCUT2D eigenvalue weighted by Crippen LogP contribution is 2.38. The van der Waals surface area contributed by atoms with Crippen LogP contribution in [-0.2, 0) is 4.79 Å². The number of para-hydroxylation sites is 1. The zero-order valence-corrected chi connectivity index (χ0v) is 19.4. The Morgan fingerprint density at radius 2 is 1.82 bits per heavy atom. The molecule has 0 radical (unpaired) electrons. The Kier molecular flexibility index (Phi) is 5.43. The van der Waals surface area contributed by atoms with Crippen LogP contribution in [0.2, 0.25) is 0 Å². The minimum absolute atomic E-state index is 0.164. The van der Waals surface area contributed by atoms with Crippen molar-refractivity contribution in [3.63, 3.8) is 0 Å². The van der Waals surface area contributed by atoms with Gasteiger partial charge in [0, 0.05) is 41.6 Å². The molecule has 1 aliphatic heterocycles. The molecular weight excluding hydrogens is 432 g/mol. The summed E-state index contributed by atoms with van der Waals surface area (Å²) in [6.45, 7) is 1.91. The normalized spacial score (nSPS) is 15.1. The van der Waals surface area contributed by atoms with E-state index in [4.69, 9.17) is 10.1 Å². The number of hydrogen-bond acceptors (Lipinski definition) is 6. The first kappa shape index (κ1) is 21.0. The number of hydrogen-bond donors (Lipinski definition) is 2. The molecular formula is C25H24N6OS. The number of nitrogens with zero attached hydrogens (tertiary/aromatic N) is 4. The molecule has 0 spiro atoms. The predicted molar refractivity (Wildman–Crippen MR) is 134 cm³/mol. The maximum absolute atomic E-state index is 13.4. The summed E-state index contributed by atoms with van der Waals surface area (Å²) in [5.41, 5.74) is 4.15. The number of amides is 1. The lowest BCUT2D eigenvalue weighted by atomic mass is 10.0. The van der Waals surface area contributed by atoms with Crippen molar-refractivity contribution in [3.8, 4) is 11.4 Å². The van der Waals surface area contributed by atoms with Crippen LogP contribution in [0.4, 0.5) is 17.3 Å². The standard InChI is InChI=1S/C25H24N6OS/c1-16-21(24(32)27-18-8-5-4-6-9-18)22(20-10-7-15-33-20)31-25(26-16)28-23(29-31)17-11-13-19(14-12-17)30(2)3/h4-15,22H,1-3H3,(H,27,32)(H,26,28,29). The molecule has 1 unspecified atom stereocenters. The fraction of sp³-hybridized carbons (Fsp3) is 0.160. The molecule has 0 aliphatic carbocycles. The highest BCUT2D eigenvalue weighted by molar-refractivity contribution is 7.10. The van der Waals surface area contributed by atoms with Gasteiger partial charge in [-0.05, 0) is 54.8 Å². The summed E-state index contributed by atoms with van der Waals surface area (Å²) in [4.78, 5) is 21.2. The summed E-state index contributed by atoms with van der Waals surface area (Å²) < 4.78 is 1.81. The van der Waals surface area contributed by atoms with Gasteiger partial charge in [0.15, 0.2) is 5.82 Å². The third kappa shape index (κ3) is 4.01. The summed E-state index contributed by atoms with van der Waals surface area (Å²) in [6.07, 6.45) is 0. The van der Waals surface area contributed by atoms with Crippen LogP contribution < -0.4 is 15.5 Å². The van der Waals surface area contributed by atoms with Crippen LogP contribution in [0.25, 0.3) is 11.4 Å². The first-order valence-corrected chi connectivity index (χ1v) is 11.5. The van der Waals surface area contributed by atoms with E-state index in [0.29, 0.717) is 17.3 Å². The zero-order chi connectivity index (χ0) is 22.9. The first-order valence-electron chi connectivity index (χ1n) is 10.6. The average molecular weight is 457 g/mol. The minimum atomic E-state index is -0.368. The maximum atomic E-state index is 13.4. The van der Waals surface area contributed by atoms with Gasteiger partial charge in [0.05, 0.1) is 5.57 Å². The van der Waals surface area contributed by atoms with Crippen molar-refractivity contribution in [3.05, 3.63) is 88.3 Å². The molecule has 2 aromatic carbocycles. The highest BCUT2D eigenvalue weighted by Gasteiger charge is 2.35. The fourth-order valence-corrected chi connectivity index (χ4v) is 4.72. The Hall–Kier alpha value is -3.91. The summed E-state index contributed by atoms with van der Waals surface area (Å²) >= 11 is 1.60. The van der Waals surface area contributed by atoms with Crippen LogP contribution >= 0.6 is 11.3 Å². The Morgan fingerprint density at radius 3 is 2.48 bits per heavy atom. The first-order chi connectivity index (χ1) is 16.0. The number of benzene rings is 2. The van der Waals surface area contributed by atoms with Gasteiger partial charge in [-0.15, -0.1) is 16.4 Å². The Balaban J connectivity index is 1.54. The van der Waals surface area contributed by atoms with Gasteiger partial charge in [-0.3, -0.25) is 4.79 Å². The van der Waals surface area contributed by atoms with Gasteiger partial charge in [0.2, 0.25) is 5.95 Å². The van der Waals surface area contributed by atoms with E-state index in [0.717, 1.165) is 27.5 Å². The van der Waals surface area contributed by atoms with E-state index in [2.05, 4.69) is 15.5 Å². The SMILES string of the molecule is CC1=C(C(=O)Nc2ccccc2)C(c2cccs2)n2nc(-c3ccc(N(C)C)cc3)nc2N1. The van der Waals surface area contributed by atoms with Gasteiger partial charge in [0.25, 0.3) is 5.91 Å². The van der Waals surface area contributed by atoms with E-state index in [1.165, 1.54) is 0 Å². The number of fused-ring (bicyclic) bond motifs is 1. The van der Waals surface area contributed by atoms with Gasteiger partial charge in [0.1, 0.15) is 6.04 Å². The minimum Gasteiger partial charge on any atom is -0.378 e. The van der Waals surface area contributed by atoms with Gasteiger partial charge in [-0.2, -0.15) is 4.98 Å². The molecule has 0 bridgehead atoms. The van der Waals surface area contributed by atoms with Crippen LogP contribution in [0, 0.1) is 0 Å². The number of aromatic nitrogens is 3. The highest BCUT2D eigenvalue weighted by atomic mass is 32.1. The maximum Gasteiger partial charge on any atom is 0.255 e. The van der Waals surface area contributed by atoms with E-state index in [1.54, 1.807) is 11.3 Å². The summed E-state index contributed by atoms with van der Waals surface area (Å²) in [5.74, 6) is 1.07. The molecule has 0 saturated carbocycles. The zero-order valence-electron chi connectivity index (χ0n) is 18.6.